The predicted octanol–water partition coefficient (Wildman–Crippen LogP) is 2.63. The molecule has 1 aliphatic heterocycles. The minimum atomic E-state index is -0.295. The van der Waals surface area contributed by atoms with E-state index in [0.717, 1.165) is 16.8 Å². The molecule has 0 spiro atoms. The van der Waals surface area contributed by atoms with Crippen LogP contribution in [-0.4, -0.2) is 27.3 Å². The van der Waals surface area contributed by atoms with Crippen LogP contribution in [-0.2, 0) is 30.6 Å². The van der Waals surface area contributed by atoms with Gasteiger partial charge < -0.3 is 9.88 Å². The largest absolute Gasteiger partial charge is 0.337 e. The number of fused-ring (bicyclic) bond motifs is 1. The average molecular weight is 377 g/mol. The number of amides is 1. The van der Waals surface area contributed by atoms with Crippen LogP contribution in [0.3, 0.4) is 0 Å². The smallest absolute Gasteiger partial charge is 0.256 e. The van der Waals surface area contributed by atoms with Gasteiger partial charge in [-0.3, -0.25) is 9.59 Å². The molecule has 3 aromatic rings. The molecule has 0 saturated heterocycles. The summed E-state index contributed by atoms with van der Waals surface area (Å²) in [5.41, 5.74) is 2.92. The molecule has 28 heavy (non-hydrogen) atoms. The first kappa shape index (κ1) is 18.1. The first-order valence-electron chi connectivity index (χ1n) is 9.25. The molecule has 1 amide bonds. The molecular weight excluding hydrogens is 357 g/mol. The van der Waals surface area contributed by atoms with Gasteiger partial charge in [0.25, 0.3) is 5.56 Å². The molecule has 6 heteroatoms. The molecule has 1 N–H and O–H groups in total. The van der Waals surface area contributed by atoms with E-state index in [1.807, 2.05) is 30.3 Å². The van der Waals surface area contributed by atoms with E-state index in [9.17, 15) is 14.0 Å². The van der Waals surface area contributed by atoms with E-state index in [0.29, 0.717) is 37.2 Å². The van der Waals surface area contributed by atoms with E-state index in [4.69, 9.17) is 0 Å². The number of carbonyl (C=O) groups is 1. The number of hydrogen-bond donors (Lipinski definition) is 1. The van der Waals surface area contributed by atoms with Gasteiger partial charge in [0.15, 0.2) is 0 Å². The van der Waals surface area contributed by atoms with Crippen molar-refractivity contribution in [2.75, 3.05) is 6.54 Å². The van der Waals surface area contributed by atoms with Crippen LogP contribution >= 0.6 is 0 Å². The predicted molar refractivity (Wildman–Crippen MR) is 103 cm³/mol. The summed E-state index contributed by atoms with van der Waals surface area (Å²) in [5.74, 6) is 0.266. The standard InChI is InChI=1S/C22H20FN3O2/c23-17-8-6-16(7-9-17)12-20-24-19-10-11-26(14-18(19)22(28)25-20)21(27)13-15-4-2-1-3-5-15/h1-9H,10-14H2,(H,24,25,28). The van der Waals surface area contributed by atoms with Crippen molar-refractivity contribution in [3.05, 3.63) is 99.0 Å². The third-order valence-corrected chi connectivity index (χ3v) is 4.95. The van der Waals surface area contributed by atoms with Gasteiger partial charge in [-0.1, -0.05) is 42.5 Å². The summed E-state index contributed by atoms with van der Waals surface area (Å²) in [6.45, 7) is 0.825. The molecule has 2 aromatic carbocycles. The summed E-state index contributed by atoms with van der Waals surface area (Å²) in [6, 6.07) is 15.7. The molecule has 0 unspecified atom stereocenters. The molecule has 0 saturated carbocycles. The maximum Gasteiger partial charge on any atom is 0.256 e. The fraction of sp³-hybridized carbons (Fsp3) is 0.227. The minimum Gasteiger partial charge on any atom is -0.337 e. The Hall–Kier alpha value is -3.28. The van der Waals surface area contributed by atoms with Crippen molar-refractivity contribution in [3.63, 3.8) is 0 Å². The number of nitrogens with one attached hydrogen (secondary N) is 1. The Morgan fingerprint density at radius 3 is 2.57 bits per heavy atom. The molecule has 0 fully saturated rings. The maximum absolute atomic E-state index is 13.0. The Morgan fingerprint density at radius 1 is 1.07 bits per heavy atom. The van der Waals surface area contributed by atoms with E-state index in [1.54, 1.807) is 17.0 Å². The average Bonchev–Trinajstić information content (AvgIpc) is 2.70. The third kappa shape index (κ3) is 4.01. The van der Waals surface area contributed by atoms with Crippen LogP contribution in [0, 0.1) is 5.82 Å². The number of nitrogens with zero attached hydrogens (tertiary/aromatic N) is 2. The highest BCUT2D eigenvalue weighted by Gasteiger charge is 2.24. The zero-order chi connectivity index (χ0) is 19.5. The monoisotopic (exact) mass is 377 g/mol. The van der Waals surface area contributed by atoms with Gasteiger partial charge in [-0.2, -0.15) is 0 Å². The lowest BCUT2D eigenvalue weighted by atomic mass is 10.0. The Bertz CT molecular complexity index is 1050. The lowest BCUT2D eigenvalue weighted by Gasteiger charge is -2.28. The van der Waals surface area contributed by atoms with Gasteiger partial charge in [-0.15, -0.1) is 0 Å². The molecule has 0 radical (unpaired) electrons. The van der Waals surface area contributed by atoms with Crippen molar-refractivity contribution in [2.24, 2.45) is 0 Å². The Kier molecular flexibility index (Phi) is 5.02. The maximum atomic E-state index is 13.0. The molecule has 4 rings (SSSR count). The summed E-state index contributed by atoms with van der Waals surface area (Å²) in [4.78, 5) is 34.3. The first-order valence-corrected chi connectivity index (χ1v) is 9.25. The van der Waals surface area contributed by atoms with E-state index in [-0.39, 0.29) is 23.8 Å². The second-order valence-corrected chi connectivity index (χ2v) is 6.97. The van der Waals surface area contributed by atoms with Crippen molar-refractivity contribution in [1.29, 1.82) is 0 Å². The van der Waals surface area contributed by atoms with Crippen molar-refractivity contribution in [3.8, 4) is 0 Å². The molecular formula is C22H20FN3O2. The number of hydrogen-bond acceptors (Lipinski definition) is 3. The van der Waals surface area contributed by atoms with Gasteiger partial charge in [0.2, 0.25) is 5.91 Å². The van der Waals surface area contributed by atoms with Crippen LogP contribution in [0.4, 0.5) is 4.39 Å². The highest BCUT2D eigenvalue weighted by molar-refractivity contribution is 5.79. The Morgan fingerprint density at radius 2 is 1.82 bits per heavy atom. The van der Waals surface area contributed by atoms with Gasteiger partial charge in [0.1, 0.15) is 11.6 Å². The zero-order valence-corrected chi connectivity index (χ0v) is 15.3. The first-order chi connectivity index (χ1) is 13.6. The van der Waals surface area contributed by atoms with Gasteiger partial charge in [-0.05, 0) is 23.3 Å². The summed E-state index contributed by atoms with van der Waals surface area (Å²) in [5, 5.41) is 0. The van der Waals surface area contributed by atoms with Crippen molar-refractivity contribution in [2.45, 2.75) is 25.8 Å². The summed E-state index contributed by atoms with van der Waals surface area (Å²) in [6.07, 6.45) is 1.31. The molecule has 0 bridgehead atoms. The third-order valence-electron chi connectivity index (χ3n) is 4.95. The summed E-state index contributed by atoms with van der Waals surface area (Å²) < 4.78 is 13.0. The van der Waals surface area contributed by atoms with Crippen molar-refractivity contribution >= 4 is 5.91 Å². The number of benzene rings is 2. The van der Waals surface area contributed by atoms with Crippen molar-refractivity contribution < 1.29 is 9.18 Å². The van der Waals surface area contributed by atoms with Gasteiger partial charge >= 0.3 is 0 Å². The number of aromatic nitrogens is 2. The highest BCUT2D eigenvalue weighted by atomic mass is 19.1. The fourth-order valence-electron chi connectivity index (χ4n) is 3.45. The van der Waals surface area contributed by atoms with Crippen LogP contribution in [0.25, 0.3) is 0 Å². The van der Waals surface area contributed by atoms with E-state index >= 15 is 0 Å². The summed E-state index contributed by atoms with van der Waals surface area (Å²) >= 11 is 0. The van der Waals surface area contributed by atoms with E-state index in [1.165, 1.54) is 12.1 Å². The second-order valence-electron chi connectivity index (χ2n) is 6.97. The Labute approximate surface area is 161 Å². The van der Waals surface area contributed by atoms with Crippen LogP contribution in [0.5, 0.6) is 0 Å². The molecule has 1 aliphatic rings. The number of H-pyrrole nitrogens is 1. The molecule has 142 valence electrons. The van der Waals surface area contributed by atoms with Crippen LogP contribution in [0.15, 0.2) is 59.4 Å². The fourth-order valence-corrected chi connectivity index (χ4v) is 3.45. The summed E-state index contributed by atoms with van der Waals surface area (Å²) in [7, 11) is 0. The van der Waals surface area contributed by atoms with Crippen LogP contribution < -0.4 is 5.56 Å². The van der Waals surface area contributed by atoms with Gasteiger partial charge in [0.05, 0.1) is 24.2 Å². The molecule has 5 nitrogen and oxygen atoms in total. The quantitative estimate of drug-likeness (QED) is 0.760. The number of aromatic amines is 1. The molecule has 1 aromatic heterocycles. The van der Waals surface area contributed by atoms with Crippen molar-refractivity contribution in [1.82, 2.24) is 14.9 Å². The zero-order valence-electron chi connectivity index (χ0n) is 15.3. The SMILES string of the molecule is O=C(Cc1ccccc1)N1CCc2nc(Cc3ccc(F)cc3)[nH]c(=O)c2C1. The molecule has 2 heterocycles. The normalized spacial score (nSPS) is 13.2. The minimum absolute atomic E-state index is 0.00615. The number of rotatable bonds is 4. The number of carbonyl (C=O) groups excluding carboxylic acids is 1. The van der Waals surface area contributed by atoms with Crippen LogP contribution in [0.2, 0.25) is 0 Å². The topological polar surface area (TPSA) is 66.1 Å². The van der Waals surface area contributed by atoms with E-state index in [2.05, 4.69) is 9.97 Å². The molecule has 0 atom stereocenters. The Balaban J connectivity index is 1.49. The number of halogens is 1. The highest BCUT2D eigenvalue weighted by Crippen LogP contribution is 2.16. The lowest BCUT2D eigenvalue weighted by molar-refractivity contribution is -0.131. The molecule has 0 aliphatic carbocycles. The van der Waals surface area contributed by atoms with Gasteiger partial charge in [0, 0.05) is 19.4 Å². The van der Waals surface area contributed by atoms with Crippen LogP contribution in [0.1, 0.15) is 28.2 Å². The lowest BCUT2D eigenvalue weighted by Crippen LogP contribution is -2.40. The second kappa shape index (κ2) is 7.76. The van der Waals surface area contributed by atoms with E-state index < -0.39 is 0 Å². The van der Waals surface area contributed by atoms with Gasteiger partial charge in [-0.25, -0.2) is 9.37 Å².